The van der Waals surface area contributed by atoms with Crippen LogP contribution in [0.25, 0.3) is 22.2 Å². The molecule has 0 bridgehead atoms. The maximum Gasteiger partial charge on any atom is 0.259 e. The van der Waals surface area contributed by atoms with E-state index in [2.05, 4.69) is 20.4 Å². The third kappa shape index (κ3) is 3.00. The summed E-state index contributed by atoms with van der Waals surface area (Å²) in [6.07, 6.45) is 5.47. The minimum atomic E-state index is -0.676. The second kappa shape index (κ2) is 6.52. The average molecular weight is 369 g/mol. The molecule has 4 aromatic rings. The lowest BCUT2D eigenvalue weighted by molar-refractivity contribution is 0.102. The van der Waals surface area contributed by atoms with Crippen molar-refractivity contribution in [3.05, 3.63) is 60.5 Å². The molecule has 4 rings (SSSR count). The van der Waals surface area contributed by atoms with Gasteiger partial charge in [0, 0.05) is 13.2 Å². The summed E-state index contributed by atoms with van der Waals surface area (Å²) in [6, 6.07) is 6.79. The monoisotopic (exact) mass is 369 g/mol. The van der Waals surface area contributed by atoms with Crippen LogP contribution in [0.4, 0.5) is 9.39 Å². The van der Waals surface area contributed by atoms with E-state index in [1.54, 1.807) is 24.1 Å². The number of amides is 1. The van der Waals surface area contributed by atoms with Crippen molar-refractivity contribution >= 4 is 22.2 Å². The molecule has 0 saturated carbocycles. The SMILES string of the molecule is Cn1nc(-c2ccco2)cc1-c1ncc(NC(=O)c2ccncc2F)s1. The van der Waals surface area contributed by atoms with Gasteiger partial charge in [0.05, 0.1) is 29.9 Å². The summed E-state index contributed by atoms with van der Waals surface area (Å²) in [7, 11) is 1.80. The summed E-state index contributed by atoms with van der Waals surface area (Å²) in [5.74, 6) is -0.573. The van der Waals surface area contributed by atoms with E-state index in [1.165, 1.54) is 29.8 Å². The molecule has 0 fully saturated rings. The first kappa shape index (κ1) is 16.2. The Kier molecular flexibility index (Phi) is 4.05. The van der Waals surface area contributed by atoms with Crippen molar-refractivity contribution in [3.8, 4) is 22.2 Å². The van der Waals surface area contributed by atoms with Gasteiger partial charge >= 0.3 is 0 Å². The molecule has 4 aromatic heterocycles. The minimum absolute atomic E-state index is 0.0735. The van der Waals surface area contributed by atoms with Gasteiger partial charge in [-0.2, -0.15) is 5.10 Å². The number of thiazole rings is 1. The van der Waals surface area contributed by atoms with Gasteiger partial charge in [0.15, 0.2) is 11.6 Å². The molecule has 0 spiro atoms. The fraction of sp³-hybridized carbons (Fsp3) is 0.0588. The smallest absolute Gasteiger partial charge is 0.259 e. The van der Waals surface area contributed by atoms with E-state index in [-0.39, 0.29) is 5.56 Å². The van der Waals surface area contributed by atoms with Crippen molar-refractivity contribution in [1.82, 2.24) is 19.7 Å². The second-order valence-corrected chi connectivity index (χ2v) is 6.39. The molecule has 0 aromatic carbocycles. The van der Waals surface area contributed by atoms with E-state index < -0.39 is 11.7 Å². The minimum Gasteiger partial charge on any atom is -0.463 e. The highest BCUT2D eigenvalue weighted by Gasteiger charge is 2.16. The quantitative estimate of drug-likeness (QED) is 0.594. The molecule has 0 aliphatic carbocycles. The van der Waals surface area contributed by atoms with Gasteiger partial charge in [0.1, 0.15) is 15.7 Å². The molecule has 0 unspecified atom stereocenters. The summed E-state index contributed by atoms with van der Waals surface area (Å²) in [4.78, 5) is 20.1. The van der Waals surface area contributed by atoms with Crippen LogP contribution in [0, 0.1) is 5.82 Å². The fourth-order valence-electron chi connectivity index (χ4n) is 2.40. The lowest BCUT2D eigenvalue weighted by Crippen LogP contribution is -2.12. The number of hydrogen-bond donors (Lipinski definition) is 1. The third-order valence-electron chi connectivity index (χ3n) is 3.63. The van der Waals surface area contributed by atoms with Gasteiger partial charge in [-0.05, 0) is 24.3 Å². The molecule has 7 nitrogen and oxygen atoms in total. The Morgan fingerprint density at radius 2 is 2.23 bits per heavy atom. The molecule has 9 heteroatoms. The number of aromatic nitrogens is 4. The Balaban J connectivity index is 1.57. The van der Waals surface area contributed by atoms with Gasteiger partial charge in [-0.15, -0.1) is 0 Å². The van der Waals surface area contributed by atoms with Crippen LogP contribution in [0.3, 0.4) is 0 Å². The molecule has 1 N–H and O–H groups in total. The van der Waals surface area contributed by atoms with Crippen molar-refractivity contribution in [3.63, 3.8) is 0 Å². The number of hydrogen-bond acceptors (Lipinski definition) is 6. The van der Waals surface area contributed by atoms with Crippen molar-refractivity contribution in [2.45, 2.75) is 0 Å². The predicted octanol–water partition coefficient (Wildman–Crippen LogP) is 3.59. The number of nitrogens with one attached hydrogen (secondary N) is 1. The molecular weight excluding hydrogens is 357 g/mol. The van der Waals surface area contributed by atoms with Crippen molar-refractivity contribution in [2.75, 3.05) is 5.32 Å². The highest BCUT2D eigenvalue weighted by atomic mass is 32.1. The normalized spacial score (nSPS) is 10.8. The van der Waals surface area contributed by atoms with Gasteiger partial charge in [0.2, 0.25) is 0 Å². The zero-order valence-corrected chi connectivity index (χ0v) is 14.3. The number of aryl methyl sites for hydroxylation is 1. The zero-order chi connectivity index (χ0) is 18.1. The Hall–Kier alpha value is -3.33. The Morgan fingerprint density at radius 3 is 3.00 bits per heavy atom. The van der Waals surface area contributed by atoms with Crippen LogP contribution in [-0.2, 0) is 7.05 Å². The summed E-state index contributed by atoms with van der Waals surface area (Å²) in [5, 5.41) is 8.22. The molecule has 0 saturated heterocycles. The van der Waals surface area contributed by atoms with Crippen LogP contribution in [0.1, 0.15) is 10.4 Å². The number of carbonyl (C=O) groups excluding carboxylic acids is 1. The number of pyridine rings is 1. The van der Waals surface area contributed by atoms with Crippen LogP contribution >= 0.6 is 11.3 Å². The first-order valence-corrected chi connectivity index (χ1v) is 8.38. The molecule has 0 atom stereocenters. The standard InChI is InChI=1S/C17H12FN5O2S/c1-23-13(7-12(22-23)14-3-2-6-25-14)17-20-9-15(26-17)21-16(24)10-4-5-19-8-11(10)18/h2-9H,1H3,(H,21,24). The van der Waals surface area contributed by atoms with Gasteiger partial charge in [-0.25, -0.2) is 9.37 Å². The van der Waals surface area contributed by atoms with Crippen LogP contribution in [0.5, 0.6) is 0 Å². The lowest BCUT2D eigenvalue weighted by Gasteiger charge is -2.02. The van der Waals surface area contributed by atoms with Gasteiger partial charge in [-0.3, -0.25) is 14.5 Å². The number of rotatable bonds is 4. The number of nitrogens with zero attached hydrogens (tertiary/aromatic N) is 4. The van der Waals surface area contributed by atoms with E-state index in [1.807, 2.05) is 12.1 Å². The molecule has 0 aliphatic heterocycles. The second-order valence-electron chi connectivity index (χ2n) is 5.36. The van der Waals surface area contributed by atoms with Gasteiger partial charge < -0.3 is 9.73 Å². The van der Waals surface area contributed by atoms with Crippen LogP contribution in [0.15, 0.2) is 53.5 Å². The maximum absolute atomic E-state index is 13.6. The van der Waals surface area contributed by atoms with Crippen LogP contribution < -0.4 is 5.32 Å². The summed E-state index contributed by atoms with van der Waals surface area (Å²) < 4.78 is 20.7. The Labute approximate surface area is 151 Å². The Bertz CT molecular complexity index is 1070. The average Bonchev–Trinajstić information content (AvgIpc) is 3.35. The van der Waals surface area contributed by atoms with E-state index >= 15 is 0 Å². The largest absolute Gasteiger partial charge is 0.463 e. The molecule has 0 radical (unpaired) electrons. The zero-order valence-electron chi connectivity index (χ0n) is 13.5. The number of furan rings is 1. The highest BCUT2D eigenvalue weighted by Crippen LogP contribution is 2.31. The van der Waals surface area contributed by atoms with Crippen molar-refractivity contribution in [2.24, 2.45) is 7.05 Å². The van der Waals surface area contributed by atoms with Gasteiger partial charge in [-0.1, -0.05) is 11.3 Å². The molecule has 130 valence electrons. The summed E-state index contributed by atoms with van der Waals surface area (Å²) in [5.41, 5.74) is 1.39. The summed E-state index contributed by atoms with van der Waals surface area (Å²) >= 11 is 1.27. The molecule has 1 amide bonds. The maximum atomic E-state index is 13.6. The van der Waals surface area contributed by atoms with E-state index in [0.29, 0.717) is 21.5 Å². The predicted molar refractivity (Wildman–Crippen MR) is 94.2 cm³/mol. The third-order valence-corrected chi connectivity index (χ3v) is 4.57. The highest BCUT2D eigenvalue weighted by molar-refractivity contribution is 7.19. The first-order valence-electron chi connectivity index (χ1n) is 7.57. The van der Waals surface area contributed by atoms with Gasteiger partial charge in [0.25, 0.3) is 5.91 Å². The van der Waals surface area contributed by atoms with Crippen molar-refractivity contribution in [1.29, 1.82) is 0 Å². The van der Waals surface area contributed by atoms with Crippen LogP contribution in [-0.4, -0.2) is 25.7 Å². The topological polar surface area (TPSA) is 85.8 Å². The molecular formula is C17H12FN5O2S. The number of halogens is 1. The van der Waals surface area contributed by atoms with E-state index in [0.717, 1.165) is 11.9 Å². The molecule has 4 heterocycles. The molecule has 0 aliphatic rings. The Morgan fingerprint density at radius 1 is 1.35 bits per heavy atom. The number of anilines is 1. The van der Waals surface area contributed by atoms with Crippen molar-refractivity contribution < 1.29 is 13.6 Å². The fourth-order valence-corrected chi connectivity index (χ4v) is 3.26. The number of carbonyl (C=O) groups is 1. The molecule has 26 heavy (non-hydrogen) atoms. The van der Waals surface area contributed by atoms with Crippen LogP contribution in [0.2, 0.25) is 0 Å². The van der Waals surface area contributed by atoms with E-state index in [4.69, 9.17) is 4.42 Å². The lowest BCUT2D eigenvalue weighted by atomic mass is 10.2. The summed E-state index contributed by atoms with van der Waals surface area (Å²) in [6.45, 7) is 0. The first-order chi connectivity index (χ1) is 12.6. The van der Waals surface area contributed by atoms with E-state index in [9.17, 15) is 9.18 Å².